The van der Waals surface area contributed by atoms with E-state index in [9.17, 15) is 9.59 Å². The summed E-state index contributed by atoms with van der Waals surface area (Å²) >= 11 is 1.31. The number of ether oxygens (including phenoxy) is 3. The highest BCUT2D eigenvalue weighted by Gasteiger charge is 2.39. The molecule has 4 rings (SSSR count). The molecule has 1 saturated heterocycles. The van der Waals surface area contributed by atoms with E-state index in [1.54, 1.807) is 44.7 Å². The van der Waals surface area contributed by atoms with Crippen molar-refractivity contribution in [3.05, 3.63) is 52.8 Å². The van der Waals surface area contributed by atoms with Crippen molar-refractivity contribution in [2.45, 2.75) is 5.75 Å². The number of thioether (sulfide) groups is 1. The Kier molecular flexibility index (Phi) is 7.19. The molecule has 2 aliphatic heterocycles. The lowest BCUT2D eigenvalue weighted by atomic mass is 10.1. The summed E-state index contributed by atoms with van der Waals surface area (Å²) in [5.74, 6) is 1.68. The largest absolute Gasteiger partial charge is 0.493 e. The van der Waals surface area contributed by atoms with Gasteiger partial charge in [-0.2, -0.15) is 0 Å². The number of carbonyl (C=O) groups is 2. The molecule has 1 aromatic carbocycles. The van der Waals surface area contributed by atoms with Gasteiger partial charge in [0.1, 0.15) is 5.76 Å². The molecule has 0 aliphatic carbocycles. The summed E-state index contributed by atoms with van der Waals surface area (Å²) in [5, 5.41) is 0. The lowest BCUT2D eigenvalue weighted by molar-refractivity contribution is -0.136. The molecular weight excluding hydrogens is 432 g/mol. The van der Waals surface area contributed by atoms with E-state index in [4.69, 9.17) is 18.6 Å². The number of methoxy groups -OCH3 is 2. The third kappa shape index (κ3) is 4.69. The van der Waals surface area contributed by atoms with E-state index in [1.165, 1.54) is 16.7 Å². The van der Waals surface area contributed by atoms with Crippen LogP contribution in [0.2, 0.25) is 0 Å². The molecule has 170 valence electrons. The molecule has 0 unspecified atom stereocenters. The predicted molar refractivity (Wildman–Crippen MR) is 120 cm³/mol. The first-order valence-electron chi connectivity index (χ1n) is 10.4. The van der Waals surface area contributed by atoms with Gasteiger partial charge in [-0.15, -0.1) is 11.8 Å². The molecular formula is C23H26N2O6S. The smallest absolute Gasteiger partial charge is 0.268 e. The van der Waals surface area contributed by atoms with E-state index >= 15 is 0 Å². The molecule has 0 atom stereocenters. The zero-order chi connectivity index (χ0) is 22.5. The molecule has 2 aliphatic rings. The minimum absolute atomic E-state index is 0.274. The van der Waals surface area contributed by atoms with Gasteiger partial charge in [-0.1, -0.05) is 6.07 Å². The number of carbonyl (C=O) groups excluding carboxylic acids is 2. The molecule has 0 N–H and O–H groups in total. The van der Waals surface area contributed by atoms with E-state index in [0.717, 1.165) is 18.8 Å². The van der Waals surface area contributed by atoms with E-state index in [2.05, 4.69) is 4.90 Å². The van der Waals surface area contributed by atoms with E-state index in [-0.39, 0.29) is 11.8 Å². The van der Waals surface area contributed by atoms with Crippen molar-refractivity contribution < 1.29 is 28.2 Å². The highest BCUT2D eigenvalue weighted by molar-refractivity contribution is 8.03. The zero-order valence-electron chi connectivity index (χ0n) is 18.2. The van der Waals surface area contributed by atoms with Crippen LogP contribution in [-0.4, -0.2) is 75.2 Å². The first-order chi connectivity index (χ1) is 15.6. The fraction of sp³-hybridized carbons (Fsp3) is 0.391. The molecule has 0 radical (unpaired) electrons. The Morgan fingerprint density at radius 3 is 2.47 bits per heavy atom. The van der Waals surface area contributed by atoms with Gasteiger partial charge < -0.3 is 18.6 Å². The van der Waals surface area contributed by atoms with Crippen molar-refractivity contribution >= 4 is 29.1 Å². The second-order valence-electron chi connectivity index (χ2n) is 7.36. The molecule has 32 heavy (non-hydrogen) atoms. The maximum absolute atomic E-state index is 13.4. The van der Waals surface area contributed by atoms with E-state index < -0.39 is 0 Å². The number of morpholine rings is 1. The fourth-order valence-electron chi connectivity index (χ4n) is 3.74. The predicted octanol–water partition coefficient (Wildman–Crippen LogP) is 2.64. The van der Waals surface area contributed by atoms with Gasteiger partial charge in [0, 0.05) is 26.2 Å². The van der Waals surface area contributed by atoms with Crippen LogP contribution in [0.5, 0.6) is 11.5 Å². The standard InChI is InChI=1S/C23H26N2O6S/c1-28-18-6-5-16(14-19(18)29-2)20-21(32-15-17-4-3-11-31-17)23(27)25(22(20)26)8-7-24-9-12-30-13-10-24/h3-6,11,14H,7-10,12-13,15H2,1-2H3. The summed E-state index contributed by atoms with van der Waals surface area (Å²) in [6, 6.07) is 8.90. The van der Waals surface area contributed by atoms with Gasteiger partial charge in [0.2, 0.25) is 0 Å². The second kappa shape index (κ2) is 10.2. The van der Waals surface area contributed by atoms with Crippen LogP contribution < -0.4 is 9.47 Å². The summed E-state index contributed by atoms with van der Waals surface area (Å²) in [4.78, 5) is 30.7. The Balaban J connectivity index is 1.61. The average molecular weight is 459 g/mol. The van der Waals surface area contributed by atoms with Gasteiger partial charge in [0.25, 0.3) is 11.8 Å². The molecule has 2 amide bonds. The number of hydrogen-bond acceptors (Lipinski definition) is 8. The molecule has 1 aromatic heterocycles. The van der Waals surface area contributed by atoms with Crippen molar-refractivity contribution in [2.24, 2.45) is 0 Å². The molecule has 9 heteroatoms. The maximum atomic E-state index is 13.4. The van der Waals surface area contributed by atoms with Crippen LogP contribution in [0.25, 0.3) is 5.57 Å². The summed E-state index contributed by atoms with van der Waals surface area (Å²) in [6.07, 6.45) is 1.59. The Morgan fingerprint density at radius 2 is 1.78 bits per heavy atom. The Morgan fingerprint density at radius 1 is 1.00 bits per heavy atom. The number of rotatable bonds is 9. The van der Waals surface area contributed by atoms with E-state index in [0.29, 0.717) is 59.6 Å². The minimum Gasteiger partial charge on any atom is -0.493 e. The number of imide groups is 1. The number of benzene rings is 1. The third-order valence-electron chi connectivity index (χ3n) is 5.48. The quantitative estimate of drug-likeness (QED) is 0.531. The van der Waals surface area contributed by atoms with Crippen LogP contribution in [0.4, 0.5) is 0 Å². The highest BCUT2D eigenvalue weighted by Crippen LogP contribution is 2.40. The van der Waals surface area contributed by atoms with Crippen LogP contribution in [0.3, 0.4) is 0 Å². The van der Waals surface area contributed by atoms with Crippen molar-refractivity contribution in [3.8, 4) is 11.5 Å². The Labute approximate surface area is 191 Å². The SMILES string of the molecule is COc1ccc(C2=C(SCc3ccco3)C(=O)N(CCN3CCOCC3)C2=O)cc1OC. The summed E-state index contributed by atoms with van der Waals surface area (Å²) < 4.78 is 21.5. The molecule has 2 aromatic rings. The van der Waals surface area contributed by atoms with Crippen molar-refractivity contribution in [1.82, 2.24) is 9.80 Å². The maximum Gasteiger partial charge on any atom is 0.268 e. The van der Waals surface area contributed by atoms with Gasteiger partial charge in [-0.05, 0) is 29.8 Å². The van der Waals surface area contributed by atoms with Crippen LogP contribution in [0.15, 0.2) is 45.9 Å². The lowest BCUT2D eigenvalue weighted by Crippen LogP contribution is -2.43. The third-order valence-corrected chi connectivity index (χ3v) is 6.58. The highest BCUT2D eigenvalue weighted by atomic mass is 32.2. The van der Waals surface area contributed by atoms with Crippen molar-refractivity contribution in [2.75, 3.05) is 53.6 Å². The summed E-state index contributed by atoms with van der Waals surface area (Å²) in [6.45, 7) is 3.89. The average Bonchev–Trinajstić information content (AvgIpc) is 3.43. The monoisotopic (exact) mass is 458 g/mol. The van der Waals surface area contributed by atoms with E-state index in [1.807, 2.05) is 6.07 Å². The lowest BCUT2D eigenvalue weighted by Gasteiger charge is -2.28. The summed E-state index contributed by atoms with van der Waals surface area (Å²) in [5.41, 5.74) is 1.01. The normalized spacial score (nSPS) is 17.4. The van der Waals surface area contributed by atoms with Gasteiger partial charge >= 0.3 is 0 Å². The van der Waals surface area contributed by atoms with Crippen molar-refractivity contribution in [3.63, 3.8) is 0 Å². The van der Waals surface area contributed by atoms with Crippen LogP contribution >= 0.6 is 11.8 Å². The first-order valence-corrected chi connectivity index (χ1v) is 11.4. The van der Waals surface area contributed by atoms with Gasteiger partial charge in [-0.25, -0.2) is 0 Å². The molecule has 1 fully saturated rings. The number of nitrogens with zero attached hydrogens (tertiary/aromatic N) is 2. The summed E-state index contributed by atoms with van der Waals surface area (Å²) in [7, 11) is 3.10. The first kappa shape index (κ1) is 22.4. The molecule has 0 bridgehead atoms. The minimum atomic E-state index is -0.294. The molecule has 0 spiro atoms. The van der Waals surface area contributed by atoms with Gasteiger partial charge in [-0.3, -0.25) is 19.4 Å². The number of amides is 2. The van der Waals surface area contributed by atoms with Crippen molar-refractivity contribution in [1.29, 1.82) is 0 Å². The molecule has 0 saturated carbocycles. The molecule has 8 nitrogen and oxygen atoms in total. The van der Waals surface area contributed by atoms with Crippen LogP contribution in [0.1, 0.15) is 11.3 Å². The number of furan rings is 1. The second-order valence-corrected chi connectivity index (χ2v) is 8.34. The van der Waals surface area contributed by atoms with Crippen LogP contribution in [-0.2, 0) is 20.1 Å². The van der Waals surface area contributed by atoms with Gasteiger partial charge in [0.05, 0.1) is 49.9 Å². The number of hydrogen-bond donors (Lipinski definition) is 0. The zero-order valence-corrected chi connectivity index (χ0v) is 19.0. The topological polar surface area (TPSA) is 81.5 Å². The Hall–Kier alpha value is -2.75. The molecule has 3 heterocycles. The Bertz CT molecular complexity index is 998. The van der Waals surface area contributed by atoms with Gasteiger partial charge in [0.15, 0.2) is 11.5 Å². The van der Waals surface area contributed by atoms with Crippen LogP contribution in [0, 0.1) is 0 Å². The fourth-order valence-corrected chi connectivity index (χ4v) is 4.78.